The minimum atomic E-state index is 0.273. The van der Waals surface area contributed by atoms with E-state index >= 15 is 0 Å². The van der Waals surface area contributed by atoms with Crippen LogP contribution in [-0.4, -0.2) is 63.2 Å². The van der Waals surface area contributed by atoms with E-state index in [4.69, 9.17) is 0 Å². The highest BCUT2D eigenvalue weighted by atomic mass is 16.2. The number of fused-ring (bicyclic) bond motifs is 1. The Labute approximate surface area is 225 Å². The molecule has 5 nitrogen and oxygen atoms in total. The summed E-state index contributed by atoms with van der Waals surface area (Å²) in [7, 11) is 0. The van der Waals surface area contributed by atoms with E-state index in [0.717, 1.165) is 70.1 Å². The number of hydrogen-bond donors (Lipinski definition) is 3. The summed E-state index contributed by atoms with van der Waals surface area (Å²) in [5.41, 5.74) is 1.15. The summed E-state index contributed by atoms with van der Waals surface area (Å²) in [6.45, 7) is 8.62. The molecule has 0 unspecified atom stereocenters. The first-order chi connectivity index (χ1) is 18.3. The molecule has 1 aliphatic carbocycles. The van der Waals surface area contributed by atoms with Crippen LogP contribution in [0.3, 0.4) is 0 Å². The lowest BCUT2D eigenvalue weighted by molar-refractivity contribution is -0.131. The maximum Gasteiger partial charge on any atom is 0.227 e. The fraction of sp³-hybridized carbons (Fsp3) is 0.656. The molecule has 1 heterocycles. The van der Waals surface area contributed by atoms with Crippen molar-refractivity contribution in [2.24, 2.45) is 11.8 Å². The van der Waals surface area contributed by atoms with E-state index in [-0.39, 0.29) is 5.91 Å². The van der Waals surface area contributed by atoms with Crippen LogP contribution in [0.5, 0.6) is 0 Å². The smallest absolute Gasteiger partial charge is 0.227 e. The zero-order chi connectivity index (χ0) is 25.5. The predicted octanol–water partition coefficient (Wildman–Crippen LogP) is 5.14. The van der Waals surface area contributed by atoms with Crippen LogP contribution < -0.4 is 16.0 Å². The van der Waals surface area contributed by atoms with E-state index in [2.05, 4.69) is 63.3 Å². The van der Waals surface area contributed by atoms with E-state index in [1.807, 2.05) is 0 Å². The Morgan fingerprint density at radius 3 is 2.11 bits per heavy atom. The molecule has 37 heavy (non-hydrogen) atoms. The van der Waals surface area contributed by atoms with Crippen LogP contribution in [0.1, 0.15) is 69.8 Å². The summed E-state index contributed by atoms with van der Waals surface area (Å²) in [6.07, 6.45) is 13.6. The third kappa shape index (κ3) is 9.70. The lowest BCUT2D eigenvalue weighted by atomic mass is 9.89. The molecule has 204 valence electrons. The number of carbonyl (C=O) groups excluding carboxylic acids is 1. The highest BCUT2D eigenvalue weighted by Crippen LogP contribution is 2.23. The minimum Gasteiger partial charge on any atom is -0.342 e. The molecular weight excluding hydrogens is 456 g/mol. The van der Waals surface area contributed by atoms with Gasteiger partial charge in [0.05, 0.1) is 6.42 Å². The largest absolute Gasteiger partial charge is 0.342 e. The molecule has 3 N–H and O–H groups in total. The molecule has 5 heteroatoms. The van der Waals surface area contributed by atoms with Gasteiger partial charge in [-0.25, -0.2) is 0 Å². The number of nitrogens with one attached hydrogen (secondary N) is 3. The van der Waals surface area contributed by atoms with Gasteiger partial charge in [0.2, 0.25) is 5.91 Å². The molecule has 0 atom stereocenters. The van der Waals surface area contributed by atoms with Gasteiger partial charge in [-0.3, -0.25) is 4.79 Å². The Morgan fingerprint density at radius 1 is 0.703 bits per heavy atom. The van der Waals surface area contributed by atoms with E-state index in [0.29, 0.717) is 12.3 Å². The molecule has 2 fully saturated rings. The minimum absolute atomic E-state index is 0.273. The summed E-state index contributed by atoms with van der Waals surface area (Å²) >= 11 is 0. The lowest BCUT2D eigenvalue weighted by Gasteiger charge is -2.32. The van der Waals surface area contributed by atoms with Gasteiger partial charge < -0.3 is 20.9 Å². The van der Waals surface area contributed by atoms with E-state index in [1.165, 1.54) is 68.7 Å². The number of carbonyl (C=O) groups is 1. The monoisotopic (exact) mass is 506 g/mol. The van der Waals surface area contributed by atoms with Gasteiger partial charge in [0.25, 0.3) is 0 Å². The Kier molecular flexibility index (Phi) is 12.2. The van der Waals surface area contributed by atoms with Crippen molar-refractivity contribution in [3.8, 4) is 0 Å². The van der Waals surface area contributed by atoms with Gasteiger partial charge in [-0.1, -0.05) is 61.7 Å². The Balaban J connectivity index is 0.970. The standard InChI is InChI=1S/C32H50N4O/c37-32(24-30-14-8-13-29-12-4-5-15-31(29)30)36-22-16-28(17-23-36)26-34-19-7-6-18-33-20-9-21-35-25-27-10-2-1-3-11-27/h4-5,8,12-15,27-28,33-35H,1-3,6-7,9-11,16-26H2. The number of likely N-dealkylation sites (tertiary alicyclic amines) is 1. The van der Waals surface area contributed by atoms with Crippen LogP contribution in [0.25, 0.3) is 10.8 Å². The molecule has 2 aromatic rings. The molecule has 0 spiro atoms. The Hall–Kier alpha value is -1.95. The molecule has 1 aliphatic heterocycles. The molecule has 2 aliphatic rings. The van der Waals surface area contributed by atoms with Crippen molar-refractivity contribution in [2.45, 2.75) is 70.6 Å². The van der Waals surface area contributed by atoms with Crippen LogP contribution in [0.2, 0.25) is 0 Å². The number of unbranched alkanes of at least 4 members (excludes halogenated alkanes) is 1. The summed E-state index contributed by atoms with van der Waals surface area (Å²) in [5, 5.41) is 13.3. The predicted molar refractivity (Wildman–Crippen MR) is 156 cm³/mol. The number of piperidine rings is 1. The second-order valence-electron chi connectivity index (χ2n) is 11.4. The molecule has 1 saturated heterocycles. The van der Waals surface area contributed by atoms with E-state index < -0.39 is 0 Å². The maximum absolute atomic E-state index is 12.9. The first-order valence-electron chi connectivity index (χ1n) is 15.2. The van der Waals surface area contributed by atoms with Gasteiger partial charge in [0, 0.05) is 13.1 Å². The fourth-order valence-corrected chi connectivity index (χ4v) is 6.07. The van der Waals surface area contributed by atoms with Gasteiger partial charge >= 0.3 is 0 Å². The van der Waals surface area contributed by atoms with Crippen molar-refractivity contribution < 1.29 is 4.79 Å². The maximum atomic E-state index is 12.9. The average molecular weight is 507 g/mol. The first-order valence-corrected chi connectivity index (χ1v) is 15.2. The van der Waals surface area contributed by atoms with Crippen molar-refractivity contribution in [1.82, 2.24) is 20.9 Å². The molecule has 0 aromatic heterocycles. The van der Waals surface area contributed by atoms with Crippen molar-refractivity contribution in [1.29, 1.82) is 0 Å². The highest BCUT2D eigenvalue weighted by molar-refractivity contribution is 5.90. The number of benzene rings is 2. The molecule has 2 aromatic carbocycles. The average Bonchev–Trinajstić information content (AvgIpc) is 2.94. The molecule has 0 radical (unpaired) electrons. The zero-order valence-corrected chi connectivity index (χ0v) is 23.0. The highest BCUT2D eigenvalue weighted by Gasteiger charge is 2.23. The Bertz CT molecular complexity index is 913. The van der Waals surface area contributed by atoms with Crippen LogP contribution in [0.15, 0.2) is 42.5 Å². The number of amides is 1. The molecule has 0 bridgehead atoms. The van der Waals surface area contributed by atoms with Crippen LogP contribution in [0, 0.1) is 11.8 Å². The van der Waals surface area contributed by atoms with Crippen molar-refractivity contribution in [3.63, 3.8) is 0 Å². The molecule has 4 rings (SSSR count). The molecular formula is C32H50N4O. The SMILES string of the molecule is O=C(Cc1cccc2ccccc12)N1CCC(CNCCCCNCCCNCC2CCCCC2)CC1. The van der Waals surface area contributed by atoms with Gasteiger partial charge in [-0.2, -0.15) is 0 Å². The van der Waals surface area contributed by atoms with Crippen molar-refractivity contribution >= 4 is 16.7 Å². The van der Waals surface area contributed by atoms with Crippen molar-refractivity contribution in [3.05, 3.63) is 48.0 Å². The summed E-state index contributed by atoms with van der Waals surface area (Å²) in [4.78, 5) is 15.0. The van der Waals surface area contributed by atoms with Gasteiger partial charge in [0.15, 0.2) is 0 Å². The van der Waals surface area contributed by atoms with Crippen LogP contribution in [-0.2, 0) is 11.2 Å². The van der Waals surface area contributed by atoms with Crippen molar-refractivity contribution in [2.75, 3.05) is 52.4 Å². The first kappa shape index (κ1) is 28.1. The second kappa shape index (κ2) is 16.1. The number of nitrogens with zero attached hydrogens (tertiary/aromatic N) is 1. The van der Waals surface area contributed by atoms with Crippen LogP contribution >= 0.6 is 0 Å². The molecule has 1 amide bonds. The van der Waals surface area contributed by atoms with E-state index in [9.17, 15) is 4.79 Å². The summed E-state index contributed by atoms with van der Waals surface area (Å²) in [6, 6.07) is 14.7. The molecule has 1 saturated carbocycles. The summed E-state index contributed by atoms with van der Waals surface area (Å²) in [5.74, 6) is 1.90. The lowest BCUT2D eigenvalue weighted by Crippen LogP contribution is -2.41. The second-order valence-corrected chi connectivity index (χ2v) is 11.4. The van der Waals surface area contributed by atoms with E-state index in [1.54, 1.807) is 0 Å². The number of hydrogen-bond acceptors (Lipinski definition) is 4. The topological polar surface area (TPSA) is 56.4 Å². The number of rotatable bonds is 15. The third-order valence-corrected chi connectivity index (χ3v) is 8.44. The quantitative estimate of drug-likeness (QED) is 0.293. The van der Waals surface area contributed by atoms with Gasteiger partial charge in [-0.05, 0) is 112 Å². The third-order valence-electron chi connectivity index (χ3n) is 8.44. The fourth-order valence-electron chi connectivity index (χ4n) is 6.07. The normalized spacial score (nSPS) is 17.5. The van der Waals surface area contributed by atoms with Gasteiger partial charge in [0.1, 0.15) is 0 Å². The van der Waals surface area contributed by atoms with Gasteiger partial charge in [-0.15, -0.1) is 0 Å². The zero-order valence-electron chi connectivity index (χ0n) is 23.0. The Morgan fingerprint density at radius 2 is 1.32 bits per heavy atom. The summed E-state index contributed by atoms with van der Waals surface area (Å²) < 4.78 is 0. The van der Waals surface area contributed by atoms with Crippen LogP contribution in [0.4, 0.5) is 0 Å².